The van der Waals surface area contributed by atoms with E-state index in [2.05, 4.69) is 21.7 Å². The molecule has 2 aromatic rings. The van der Waals surface area contributed by atoms with E-state index in [4.69, 9.17) is 5.26 Å². The summed E-state index contributed by atoms with van der Waals surface area (Å²) in [5, 5.41) is 31.2. The summed E-state index contributed by atoms with van der Waals surface area (Å²) in [6.45, 7) is 6.06. The van der Waals surface area contributed by atoms with Gasteiger partial charge in [-0.15, -0.1) is 5.10 Å². The van der Waals surface area contributed by atoms with E-state index in [1.165, 1.54) is 4.90 Å². The van der Waals surface area contributed by atoms with Crippen LogP contribution >= 0.6 is 0 Å². The van der Waals surface area contributed by atoms with E-state index < -0.39 is 23.6 Å². The summed E-state index contributed by atoms with van der Waals surface area (Å²) in [6, 6.07) is 8.43. The third-order valence-electron chi connectivity index (χ3n) is 7.68. The second-order valence-corrected chi connectivity index (χ2v) is 11.7. The first-order valence-corrected chi connectivity index (χ1v) is 12.8. The summed E-state index contributed by atoms with van der Waals surface area (Å²) >= 11 is 0. The molecule has 1 aromatic carbocycles. The van der Waals surface area contributed by atoms with Crippen molar-refractivity contribution >= 4 is 11.8 Å². The number of hydrogen-bond acceptors (Lipinski definition) is 6. The zero-order valence-corrected chi connectivity index (χ0v) is 21.1. The fraction of sp³-hybridized carbons (Fsp3) is 0.593. The summed E-state index contributed by atoms with van der Waals surface area (Å²) in [6.07, 6.45) is 5.11. The van der Waals surface area contributed by atoms with Gasteiger partial charge in [0.2, 0.25) is 11.8 Å². The maximum Gasteiger partial charge on any atom is 0.248 e. The molecule has 1 saturated heterocycles. The summed E-state index contributed by atoms with van der Waals surface area (Å²) in [5.74, 6) is 0.286. The second kappa shape index (κ2) is 9.32. The molecule has 5 rings (SSSR count). The van der Waals surface area contributed by atoms with Gasteiger partial charge in [-0.1, -0.05) is 38.1 Å². The van der Waals surface area contributed by atoms with Gasteiger partial charge in [-0.3, -0.25) is 9.59 Å². The molecule has 1 aliphatic heterocycles. The molecule has 1 aromatic heterocycles. The number of nitrogens with one attached hydrogen (secondary N) is 1. The minimum absolute atomic E-state index is 0.0118. The molecule has 2 aliphatic carbocycles. The Labute approximate surface area is 211 Å². The molecular formula is C27H34N6O3. The van der Waals surface area contributed by atoms with Crippen molar-refractivity contribution in [3.8, 4) is 6.07 Å². The Balaban J connectivity index is 1.26. The molecule has 2 amide bonds. The van der Waals surface area contributed by atoms with Crippen molar-refractivity contribution in [2.45, 2.75) is 88.9 Å². The highest BCUT2D eigenvalue weighted by atomic mass is 16.3. The summed E-state index contributed by atoms with van der Waals surface area (Å²) in [7, 11) is 0. The molecule has 0 radical (unpaired) electrons. The van der Waals surface area contributed by atoms with Gasteiger partial charge >= 0.3 is 0 Å². The van der Waals surface area contributed by atoms with Gasteiger partial charge in [-0.2, -0.15) is 5.26 Å². The number of aliphatic hydroxyl groups excluding tert-OH is 1. The van der Waals surface area contributed by atoms with Crippen LogP contribution in [0, 0.1) is 16.7 Å². The summed E-state index contributed by atoms with van der Waals surface area (Å²) in [4.78, 5) is 28.6. The predicted octanol–water partition coefficient (Wildman–Crippen LogP) is 2.64. The maximum atomic E-state index is 13.8. The lowest BCUT2D eigenvalue weighted by molar-refractivity contribution is -0.144. The van der Waals surface area contributed by atoms with E-state index in [1.807, 2.05) is 45.2 Å². The number of carbonyl (C=O) groups is 2. The quantitative estimate of drug-likeness (QED) is 0.642. The van der Waals surface area contributed by atoms with E-state index in [0.717, 1.165) is 36.9 Å². The maximum absolute atomic E-state index is 13.8. The van der Waals surface area contributed by atoms with Gasteiger partial charge in [0.1, 0.15) is 12.1 Å². The number of benzene rings is 1. The Morgan fingerprint density at radius 2 is 1.94 bits per heavy atom. The van der Waals surface area contributed by atoms with Gasteiger partial charge < -0.3 is 15.3 Å². The first-order valence-electron chi connectivity index (χ1n) is 12.8. The molecule has 2 N–H and O–H groups in total. The minimum atomic E-state index is -0.744. The third kappa shape index (κ3) is 4.87. The van der Waals surface area contributed by atoms with Crippen LogP contribution in [0.4, 0.5) is 0 Å². The second-order valence-electron chi connectivity index (χ2n) is 11.7. The lowest BCUT2D eigenvalue weighted by Crippen LogP contribution is -2.53. The third-order valence-corrected chi connectivity index (χ3v) is 7.68. The zero-order chi connectivity index (χ0) is 25.6. The first kappa shape index (κ1) is 24.4. The topological polar surface area (TPSA) is 124 Å². The molecule has 36 heavy (non-hydrogen) atoms. The molecule has 9 heteroatoms. The van der Waals surface area contributed by atoms with E-state index in [-0.39, 0.29) is 30.8 Å². The van der Waals surface area contributed by atoms with E-state index in [1.54, 1.807) is 10.7 Å². The number of nitriles is 1. The van der Waals surface area contributed by atoms with Crippen molar-refractivity contribution in [3.05, 3.63) is 47.3 Å². The van der Waals surface area contributed by atoms with Crippen molar-refractivity contribution < 1.29 is 14.7 Å². The highest BCUT2D eigenvalue weighted by Crippen LogP contribution is 2.41. The zero-order valence-electron chi connectivity index (χ0n) is 21.1. The molecule has 3 atom stereocenters. The van der Waals surface area contributed by atoms with Gasteiger partial charge in [-0.25, -0.2) is 4.68 Å². The minimum Gasteiger partial charge on any atom is -0.391 e. The molecule has 0 unspecified atom stereocenters. The number of rotatable bonds is 6. The molecule has 2 heterocycles. The van der Waals surface area contributed by atoms with Crippen LogP contribution in [0.1, 0.15) is 87.6 Å². The highest BCUT2D eigenvalue weighted by Gasteiger charge is 2.46. The fourth-order valence-corrected chi connectivity index (χ4v) is 5.49. The molecule has 3 fully saturated rings. The number of nitrogens with zero attached hydrogens (tertiary/aromatic N) is 5. The first-order chi connectivity index (χ1) is 17.1. The largest absolute Gasteiger partial charge is 0.391 e. The highest BCUT2D eigenvalue weighted by molar-refractivity contribution is 5.90. The Morgan fingerprint density at radius 3 is 2.61 bits per heavy atom. The van der Waals surface area contributed by atoms with Gasteiger partial charge in [0.15, 0.2) is 0 Å². The van der Waals surface area contributed by atoms with Crippen LogP contribution < -0.4 is 5.32 Å². The average molecular weight is 491 g/mol. The van der Waals surface area contributed by atoms with Crippen molar-refractivity contribution in [1.82, 2.24) is 25.2 Å². The van der Waals surface area contributed by atoms with Crippen molar-refractivity contribution in [3.63, 3.8) is 0 Å². The van der Waals surface area contributed by atoms with E-state index >= 15 is 0 Å². The Morgan fingerprint density at radius 1 is 1.19 bits per heavy atom. The average Bonchev–Trinajstić information content (AvgIpc) is 3.42. The standard InChI is InChI=1S/C27H34N6O3/c1-27(2,3)24(33-15-22(30-31-33)17-7-8-17)26(36)32-14-21(34)12-23(32)25(35)29-20-10-19(11-20)18-6-4-5-16(9-18)13-28/h4-6,9,15,17,19-21,23-24,34H,7-8,10-12,14H2,1-3H3,(H,29,35)/t19-,20-,21-,23+,24-/m1/s1. The molecule has 190 valence electrons. The normalized spacial score (nSPS) is 26.7. The molecule has 2 saturated carbocycles. The molecule has 9 nitrogen and oxygen atoms in total. The number of amides is 2. The van der Waals surface area contributed by atoms with Gasteiger partial charge in [0, 0.05) is 31.1 Å². The SMILES string of the molecule is CC(C)(C)[C@@H](C(=O)N1C[C@H](O)C[C@H]1C(=O)N[C@H]1C[C@H](c2cccc(C#N)c2)C1)n1cc(C2CC2)nn1. The number of aromatic nitrogens is 3. The van der Waals surface area contributed by atoms with Gasteiger partial charge in [0.25, 0.3) is 0 Å². The van der Waals surface area contributed by atoms with Crippen molar-refractivity contribution in [2.24, 2.45) is 5.41 Å². The molecule has 3 aliphatic rings. The summed E-state index contributed by atoms with van der Waals surface area (Å²) in [5.41, 5.74) is 2.20. The number of hydrogen-bond donors (Lipinski definition) is 2. The Kier molecular flexibility index (Phi) is 6.33. The molecular weight excluding hydrogens is 456 g/mol. The number of aliphatic hydroxyl groups is 1. The number of carbonyl (C=O) groups excluding carboxylic acids is 2. The number of β-amino-alcohol motifs (C(OH)–C–C–N with tert-alkyl or cyclic N) is 1. The molecule has 0 bridgehead atoms. The number of likely N-dealkylation sites (tertiary alicyclic amines) is 1. The summed E-state index contributed by atoms with van der Waals surface area (Å²) < 4.78 is 1.64. The van der Waals surface area contributed by atoms with E-state index in [0.29, 0.717) is 17.4 Å². The fourth-order valence-electron chi connectivity index (χ4n) is 5.49. The van der Waals surface area contributed by atoms with Crippen LogP contribution in [0.2, 0.25) is 0 Å². The van der Waals surface area contributed by atoms with Crippen LogP contribution in [-0.2, 0) is 9.59 Å². The predicted molar refractivity (Wildman–Crippen MR) is 132 cm³/mol. The smallest absolute Gasteiger partial charge is 0.248 e. The van der Waals surface area contributed by atoms with Crippen LogP contribution in [-0.4, -0.2) is 61.5 Å². The monoisotopic (exact) mass is 490 g/mol. The van der Waals surface area contributed by atoms with Crippen LogP contribution in [0.3, 0.4) is 0 Å². The Hall–Kier alpha value is -3.25. The van der Waals surface area contributed by atoms with Gasteiger partial charge in [0.05, 0.1) is 23.4 Å². The lowest BCUT2D eigenvalue weighted by atomic mass is 9.75. The molecule has 0 spiro atoms. The lowest BCUT2D eigenvalue weighted by Gasteiger charge is -2.38. The van der Waals surface area contributed by atoms with Crippen molar-refractivity contribution in [2.75, 3.05) is 6.54 Å². The van der Waals surface area contributed by atoms with Gasteiger partial charge in [-0.05, 0) is 54.7 Å². The van der Waals surface area contributed by atoms with Crippen LogP contribution in [0.25, 0.3) is 0 Å². The van der Waals surface area contributed by atoms with Crippen molar-refractivity contribution in [1.29, 1.82) is 5.26 Å². The Bertz CT molecular complexity index is 1180. The van der Waals surface area contributed by atoms with Crippen LogP contribution in [0.5, 0.6) is 0 Å². The van der Waals surface area contributed by atoms with Crippen LogP contribution in [0.15, 0.2) is 30.5 Å². The van der Waals surface area contributed by atoms with E-state index in [9.17, 15) is 14.7 Å².